The van der Waals surface area contributed by atoms with Gasteiger partial charge in [0.1, 0.15) is 11.6 Å². The van der Waals surface area contributed by atoms with Gasteiger partial charge in [0.15, 0.2) is 0 Å². The quantitative estimate of drug-likeness (QED) is 0.897. The highest BCUT2D eigenvalue weighted by atomic mass is 15.2. The number of rotatable bonds is 3. The van der Waals surface area contributed by atoms with E-state index in [2.05, 4.69) is 25.3 Å². The maximum Gasteiger partial charge on any atom is 0.127 e. The fourth-order valence-electron chi connectivity index (χ4n) is 3.54. The summed E-state index contributed by atoms with van der Waals surface area (Å²) in [6.07, 6.45) is 10.5. The van der Waals surface area contributed by atoms with Crippen LogP contribution in [0.25, 0.3) is 0 Å². The van der Waals surface area contributed by atoms with Crippen molar-refractivity contribution in [2.75, 3.05) is 5.73 Å². The summed E-state index contributed by atoms with van der Waals surface area (Å²) in [7, 11) is 0. The lowest BCUT2D eigenvalue weighted by Crippen LogP contribution is -2.19. The molecule has 3 nitrogen and oxygen atoms in total. The number of imidazole rings is 1. The zero-order valence-corrected chi connectivity index (χ0v) is 13.3. The Kier molecular flexibility index (Phi) is 3.55. The fraction of sp³-hybridized carbons (Fsp3) is 0.824. The second kappa shape index (κ2) is 5.09. The first-order valence-corrected chi connectivity index (χ1v) is 8.34. The fourth-order valence-corrected chi connectivity index (χ4v) is 3.54. The van der Waals surface area contributed by atoms with Gasteiger partial charge < -0.3 is 10.3 Å². The number of nitrogen functional groups attached to an aromatic ring is 1. The van der Waals surface area contributed by atoms with Crippen molar-refractivity contribution in [1.82, 2.24) is 9.55 Å². The van der Waals surface area contributed by atoms with Crippen LogP contribution < -0.4 is 5.73 Å². The summed E-state index contributed by atoms with van der Waals surface area (Å²) in [5.74, 6) is 2.97. The lowest BCUT2D eigenvalue weighted by molar-refractivity contribution is 0.354. The van der Waals surface area contributed by atoms with Crippen LogP contribution >= 0.6 is 0 Å². The minimum Gasteiger partial charge on any atom is -0.384 e. The highest BCUT2D eigenvalue weighted by molar-refractivity contribution is 5.41. The molecule has 3 rings (SSSR count). The van der Waals surface area contributed by atoms with Crippen LogP contribution in [0, 0.1) is 5.92 Å². The van der Waals surface area contributed by atoms with E-state index in [0.717, 1.165) is 18.2 Å². The third-order valence-corrected chi connectivity index (χ3v) is 4.81. The zero-order chi connectivity index (χ0) is 14.3. The molecule has 2 N–H and O–H groups in total. The highest BCUT2D eigenvalue weighted by Gasteiger charge is 2.34. The van der Waals surface area contributed by atoms with Crippen LogP contribution in [0.3, 0.4) is 0 Å². The second-order valence-electron chi connectivity index (χ2n) is 7.83. The molecule has 2 aliphatic rings. The molecule has 3 heteroatoms. The minimum absolute atomic E-state index is 0.0848. The normalized spacial score (nSPS) is 21.4. The number of nitrogens with two attached hydrogens (primary N) is 1. The maximum atomic E-state index is 6.46. The third kappa shape index (κ3) is 2.72. The highest BCUT2D eigenvalue weighted by Crippen LogP contribution is 2.42. The molecule has 2 aliphatic carbocycles. The molecule has 0 aromatic carbocycles. The van der Waals surface area contributed by atoms with Gasteiger partial charge in [-0.3, -0.25) is 0 Å². The summed E-state index contributed by atoms with van der Waals surface area (Å²) in [5, 5.41) is 0. The molecule has 0 bridgehead atoms. The van der Waals surface area contributed by atoms with E-state index in [9.17, 15) is 0 Å². The van der Waals surface area contributed by atoms with Crippen LogP contribution in [0.1, 0.15) is 83.3 Å². The summed E-state index contributed by atoms with van der Waals surface area (Å²) in [6.45, 7) is 6.74. The van der Waals surface area contributed by atoms with E-state index < -0.39 is 0 Å². The molecule has 1 heterocycles. The van der Waals surface area contributed by atoms with E-state index >= 15 is 0 Å². The standard InChI is InChI=1S/C17H29N3/c1-17(2,3)16-19-14(11-12-7-5-4-6-8-12)15(18)20(16)13-9-10-13/h12-13H,4-11,18H2,1-3H3. The number of nitrogens with zero attached hydrogens (tertiary/aromatic N) is 2. The first-order valence-electron chi connectivity index (χ1n) is 8.34. The second-order valence-corrected chi connectivity index (χ2v) is 7.83. The van der Waals surface area contributed by atoms with E-state index in [1.807, 2.05) is 0 Å². The average Bonchev–Trinajstić information content (AvgIpc) is 3.16. The van der Waals surface area contributed by atoms with Crippen molar-refractivity contribution in [3.05, 3.63) is 11.5 Å². The van der Waals surface area contributed by atoms with Crippen LogP contribution in [0.5, 0.6) is 0 Å². The lowest BCUT2D eigenvalue weighted by Gasteiger charge is -2.20. The van der Waals surface area contributed by atoms with Crippen molar-refractivity contribution in [3.8, 4) is 0 Å². The first kappa shape index (κ1) is 14.0. The van der Waals surface area contributed by atoms with Gasteiger partial charge in [0, 0.05) is 11.5 Å². The zero-order valence-electron chi connectivity index (χ0n) is 13.3. The first-order chi connectivity index (χ1) is 9.47. The summed E-state index contributed by atoms with van der Waals surface area (Å²) < 4.78 is 2.35. The summed E-state index contributed by atoms with van der Waals surface area (Å²) >= 11 is 0. The maximum absolute atomic E-state index is 6.46. The van der Waals surface area contributed by atoms with E-state index in [4.69, 9.17) is 10.7 Å². The molecular formula is C17H29N3. The van der Waals surface area contributed by atoms with Gasteiger partial charge >= 0.3 is 0 Å². The van der Waals surface area contributed by atoms with E-state index in [1.54, 1.807) is 0 Å². The molecule has 112 valence electrons. The van der Waals surface area contributed by atoms with Gasteiger partial charge in [0.2, 0.25) is 0 Å². The van der Waals surface area contributed by atoms with Gasteiger partial charge in [-0.1, -0.05) is 52.9 Å². The van der Waals surface area contributed by atoms with Crippen molar-refractivity contribution in [1.29, 1.82) is 0 Å². The van der Waals surface area contributed by atoms with E-state index in [0.29, 0.717) is 6.04 Å². The molecule has 1 aromatic rings. The smallest absolute Gasteiger partial charge is 0.127 e. The van der Waals surface area contributed by atoms with Gasteiger partial charge in [-0.05, 0) is 25.2 Å². The third-order valence-electron chi connectivity index (χ3n) is 4.81. The Morgan fingerprint density at radius 1 is 1.10 bits per heavy atom. The molecule has 2 fully saturated rings. The number of hydrogen-bond acceptors (Lipinski definition) is 2. The summed E-state index contributed by atoms with van der Waals surface area (Å²) in [4.78, 5) is 4.97. The van der Waals surface area contributed by atoms with Crippen molar-refractivity contribution in [2.45, 2.75) is 83.6 Å². The SMILES string of the molecule is CC(C)(C)c1nc(CC2CCCCC2)c(N)n1C1CC1. The van der Waals surface area contributed by atoms with Gasteiger partial charge in [0.25, 0.3) is 0 Å². The Morgan fingerprint density at radius 3 is 2.30 bits per heavy atom. The Bertz CT molecular complexity index is 471. The molecule has 0 atom stereocenters. The van der Waals surface area contributed by atoms with Gasteiger partial charge in [-0.25, -0.2) is 4.98 Å². The largest absolute Gasteiger partial charge is 0.384 e. The average molecular weight is 275 g/mol. The Hall–Kier alpha value is -0.990. The molecule has 20 heavy (non-hydrogen) atoms. The molecule has 2 saturated carbocycles. The molecule has 0 spiro atoms. The summed E-state index contributed by atoms with van der Waals surface area (Å²) in [5.41, 5.74) is 7.72. The van der Waals surface area contributed by atoms with Crippen LogP contribution in [-0.4, -0.2) is 9.55 Å². The van der Waals surface area contributed by atoms with Crippen molar-refractivity contribution < 1.29 is 0 Å². The van der Waals surface area contributed by atoms with Crippen molar-refractivity contribution in [2.24, 2.45) is 5.92 Å². The molecule has 0 unspecified atom stereocenters. The van der Waals surface area contributed by atoms with Gasteiger partial charge in [-0.15, -0.1) is 0 Å². The lowest BCUT2D eigenvalue weighted by atomic mass is 9.86. The van der Waals surface area contributed by atoms with Crippen LogP contribution in [0.2, 0.25) is 0 Å². The molecule has 0 aliphatic heterocycles. The minimum atomic E-state index is 0.0848. The van der Waals surface area contributed by atoms with Crippen LogP contribution in [0.4, 0.5) is 5.82 Å². The van der Waals surface area contributed by atoms with Crippen LogP contribution in [-0.2, 0) is 11.8 Å². The monoisotopic (exact) mass is 275 g/mol. The van der Waals surface area contributed by atoms with Crippen molar-refractivity contribution in [3.63, 3.8) is 0 Å². The van der Waals surface area contributed by atoms with Gasteiger partial charge in [0.05, 0.1) is 5.69 Å². The topological polar surface area (TPSA) is 43.8 Å². The molecule has 0 saturated heterocycles. The summed E-state index contributed by atoms with van der Waals surface area (Å²) in [6, 6.07) is 0.622. The predicted octanol–water partition coefficient (Wildman–Crippen LogP) is 4.22. The van der Waals surface area contributed by atoms with Crippen LogP contribution in [0.15, 0.2) is 0 Å². The van der Waals surface area contributed by atoms with Crippen molar-refractivity contribution >= 4 is 5.82 Å². The Morgan fingerprint density at radius 2 is 1.75 bits per heavy atom. The number of anilines is 1. The Labute approximate surface area is 123 Å². The number of hydrogen-bond donors (Lipinski definition) is 1. The molecule has 0 amide bonds. The number of aromatic nitrogens is 2. The molecule has 0 radical (unpaired) electrons. The van der Waals surface area contributed by atoms with E-state index in [1.165, 1.54) is 56.5 Å². The van der Waals surface area contributed by atoms with E-state index in [-0.39, 0.29) is 5.41 Å². The Balaban J connectivity index is 1.87. The predicted molar refractivity (Wildman–Crippen MR) is 83.9 cm³/mol. The molecule has 1 aromatic heterocycles. The van der Waals surface area contributed by atoms with Gasteiger partial charge in [-0.2, -0.15) is 0 Å². The molecular weight excluding hydrogens is 246 g/mol.